The van der Waals surface area contributed by atoms with E-state index in [-0.39, 0.29) is 10.8 Å². The third-order valence-electron chi connectivity index (χ3n) is 6.33. The lowest BCUT2D eigenvalue weighted by molar-refractivity contribution is -0.129. The molecular weight excluding hydrogens is 480 g/mol. The number of benzene rings is 3. The summed E-state index contributed by atoms with van der Waals surface area (Å²) in [4.78, 5) is 26.6. The second kappa shape index (κ2) is 9.97. The molecule has 1 aliphatic heterocycles. The van der Waals surface area contributed by atoms with Crippen LogP contribution in [0.3, 0.4) is 0 Å². The summed E-state index contributed by atoms with van der Waals surface area (Å²) in [6.45, 7) is 2.11. The zero-order chi connectivity index (χ0) is 26.0. The van der Waals surface area contributed by atoms with E-state index >= 15 is 0 Å². The van der Waals surface area contributed by atoms with E-state index in [2.05, 4.69) is 10.8 Å². The van der Waals surface area contributed by atoms with Gasteiger partial charge in [-0.1, -0.05) is 18.2 Å². The maximum Gasteiger partial charge on any atom is 0.241 e. The van der Waals surface area contributed by atoms with Crippen LogP contribution >= 0.6 is 0 Å². The van der Waals surface area contributed by atoms with E-state index in [1.807, 2.05) is 6.07 Å². The number of nitrogens with zero attached hydrogens (tertiary/aromatic N) is 2. The number of hydrogen-bond acceptors (Lipinski definition) is 6. The third kappa shape index (κ3) is 5.03. The highest BCUT2D eigenvalue weighted by Crippen LogP contribution is 2.37. The van der Waals surface area contributed by atoms with Crippen molar-refractivity contribution in [2.24, 2.45) is 5.73 Å². The molecule has 0 saturated carbocycles. The summed E-state index contributed by atoms with van der Waals surface area (Å²) >= 11 is 0. The Morgan fingerprint density at radius 2 is 2.00 bits per heavy atom. The van der Waals surface area contributed by atoms with Crippen molar-refractivity contribution in [1.82, 2.24) is 9.62 Å². The van der Waals surface area contributed by atoms with E-state index in [0.29, 0.717) is 41.8 Å². The van der Waals surface area contributed by atoms with Crippen molar-refractivity contribution in [3.63, 3.8) is 0 Å². The van der Waals surface area contributed by atoms with Crippen molar-refractivity contribution in [2.45, 2.75) is 36.7 Å². The van der Waals surface area contributed by atoms with Crippen molar-refractivity contribution in [1.29, 1.82) is 5.26 Å². The molecular formula is C26H26N4O5S. The minimum absolute atomic E-state index is 0.0805. The number of nitrogens with two attached hydrogens (primary N) is 1. The lowest BCUT2D eigenvalue weighted by atomic mass is 9.95. The van der Waals surface area contributed by atoms with Crippen molar-refractivity contribution in [3.05, 3.63) is 71.3 Å². The van der Waals surface area contributed by atoms with Crippen LogP contribution in [0.4, 0.5) is 0 Å². The number of nitriles is 1. The molecule has 4 rings (SSSR count). The average molecular weight is 507 g/mol. The van der Waals surface area contributed by atoms with Crippen molar-refractivity contribution in [3.8, 4) is 11.8 Å². The second-order valence-electron chi connectivity index (χ2n) is 8.76. The Hall–Kier alpha value is -3.94. The summed E-state index contributed by atoms with van der Waals surface area (Å²) in [5, 5.41) is 10.5. The largest absolute Gasteiger partial charge is 0.497 e. The zero-order valence-electron chi connectivity index (χ0n) is 19.9. The number of likely N-dealkylation sites (tertiary alicyclic amines) is 1. The van der Waals surface area contributed by atoms with Crippen LogP contribution in [0.25, 0.3) is 10.8 Å². The fourth-order valence-electron chi connectivity index (χ4n) is 4.40. The molecule has 3 aromatic rings. The molecule has 1 aliphatic rings. The number of hydrogen-bond donors (Lipinski definition) is 2. The first kappa shape index (κ1) is 25.2. The van der Waals surface area contributed by atoms with E-state index in [4.69, 9.17) is 15.7 Å². The first-order valence-corrected chi connectivity index (χ1v) is 12.8. The number of fused-ring (bicyclic) bond motifs is 1. The van der Waals surface area contributed by atoms with Gasteiger partial charge in [0, 0.05) is 13.1 Å². The first-order valence-electron chi connectivity index (χ1n) is 11.3. The number of nitrogens with one attached hydrogen (secondary N) is 1. The van der Waals surface area contributed by atoms with Gasteiger partial charge >= 0.3 is 0 Å². The van der Waals surface area contributed by atoms with E-state index < -0.39 is 27.9 Å². The molecule has 1 unspecified atom stereocenters. The highest BCUT2D eigenvalue weighted by Gasteiger charge is 2.37. The Labute approximate surface area is 209 Å². The summed E-state index contributed by atoms with van der Waals surface area (Å²) in [5.41, 5.74) is 6.96. The minimum atomic E-state index is -4.19. The Bertz CT molecular complexity index is 1500. The Morgan fingerprint density at radius 1 is 1.22 bits per heavy atom. The van der Waals surface area contributed by atoms with Crippen LogP contribution < -0.4 is 15.2 Å². The van der Waals surface area contributed by atoms with Crippen LogP contribution in [0.15, 0.2) is 59.5 Å². The number of carbonyl (C=O) groups is 2. The molecule has 0 aromatic heterocycles. The summed E-state index contributed by atoms with van der Waals surface area (Å²) < 4.78 is 34.3. The Kier molecular flexibility index (Phi) is 6.97. The fourth-order valence-corrected chi connectivity index (χ4v) is 5.91. The number of ether oxygens (including phenoxy) is 1. The average Bonchev–Trinajstić information content (AvgIpc) is 3.22. The van der Waals surface area contributed by atoms with Crippen LogP contribution in [0, 0.1) is 11.3 Å². The minimum Gasteiger partial charge on any atom is -0.497 e. The van der Waals surface area contributed by atoms with E-state index in [1.165, 1.54) is 20.1 Å². The number of methoxy groups -OCH3 is 1. The Morgan fingerprint density at radius 3 is 2.69 bits per heavy atom. The number of amides is 2. The number of rotatable bonds is 8. The maximum atomic E-state index is 13.5. The maximum absolute atomic E-state index is 13.5. The third-order valence-corrected chi connectivity index (χ3v) is 7.92. The SMILES string of the molecule is COc1ccc2cc([C@@H]3CCN(Cc4cccc(C#N)c4)C3=O)c(S(=O)(=O)NC(C)C(N)=O)cc2c1. The van der Waals surface area contributed by atoms with Crippen molar-refractivity contribution < 1.29 is 22.7 Å². The van der Waals surface area contributed by atoms with Gasteiger partial charge in [0.05, 0.1) is 35.6 Å². The summed E-state index contributed by atoms with van der Waals surface area (Å²) in [5.74, 6) is -1.15. The summed E-state index contributed by atoms with van der Waals surface area (Å²) in [6, 6.07) is 16.5. The van der Waals surface area contributed by atoms with Crippen molar-refractivity contribution in [2.75, 3.05) is 13.7 Å². The number of carbonyl (C=O) groups excluding carboxylic acids is 2. The normalized spacial score (nSPS) is 16.6. The molecule has 1 heterocycles. The van der Waals surface area contributed by atoms with Crippen LogP contribution in [-0.4, -0.2) is 44.8 Å². The number of primary amides is 1. The highest BCUT2D eigenvalue weighted by atomic mass is 32.2. The molecule has 1 saturated heterocycles. The van der Waals surface area contributed by atoms with Gasteiger partial charge in [-0.2, -0.15) is 9.98 Å². The molecule has 36 heavy (non-hydrogen) atoms. The predicted molar refractivity (Wildman–Crippen MR) is 133 cm³/mol. The van der Waals surface area contributed by atoms with E-state index in [1.54, 1.807) is 47.4 Å². The molecule has 3 N–H and O–H groups in total. The first-order chi connectivity index (χ1) is 17.1. The predicted octanol–water partition coefficient (Wildman–Crippen LogP) is 2.39. The zero-order valence-corrected chi connectivity index (χ0v) is 20.7. The molecule has 1 fully saturated rings. The fraction of sp³-hybridized carbons (Fsp3) is 0.269. The van der Waals surface area contributed by atoms with Crippen molar-refractivity contribution >= 4 is 32.6 Å². The van der Waals surface area contributed by atoms with Gasteiger partial charge < -0.3 is 15.4 Å². The van der Waals surface area contributed by atoms with Gasteiger partial charge in [-0.3, -0.25) is 9.59 Å². The molecule has 9 nitrogen and oxygen atoms in total. The van der Waals surface area contributed by atoms with Crippen LogP contribution in [-0.2, 0) is 26.2 Å². The molecule has 3 aromatic carbocycles. The molecule has 0 spiro atoms. The van der Waals surface area contributed by atoms with Gasteiger partial charge in [-0.25, -0.2) is 8.42 Å². The van der Waals surface area contributed by atoms with Gasteiger partial charge in [0.1, 0.15) is 5.75 Å². The molecule has 0 bridgehead atoms. The monoisotopic (exact) mass is 506 g/mol. The molecule has 2 atom stereocenters. The van der Waals surface area contributed by atoms with Gasteiger partial charge in [0.15, 0.2) is 0 Å². The lowest BCUT2D eigenvalue weighted by Gasteiger charge is -2.20. The van der Waals surface area contributed by atoms with Gasteiger partial charge in [-0.05, 0) is 71.6 Å². The number of sulfonamides is 1. The molecule has 186 valence electrons. The van der Waals surface area contributed by atoms with Crippen LogP contribution in [0.1, 0.15) is 36.0 Å². The van der Waals surface area contributed by atoms with E-state index in [0.717, 1.165) is 10.9 Å². The standard InChI is InChI=1S/C26H26N4O5S/c1-16(25(28)31)29-36(33,34)24-13-20-11-21(35-2)7-6-19(20)12-23(24)22-8-9-30(26(22)32)15-18-5-3-4-17(10-18)14-27/h3-7,10-13,16,22,29H,8-9,15H2,1-2H3,(H2,28,31)/t16?,22-/m0/s1. The van der Waals surface area contributed by atoms with Gasteiger partial charge in [-0.15, -0.1) is 0 Å². The van der Waals surface area contributed by atoms with E-state index in [9.17, 15) is 18.0 Å². The quantitative estimate of drug-likeness (QED) is 0.480. The molecule has 10 heteroatoms. The lowest BCUT2D eigenvalue weighted by Crippen LogP contribution is -2.42. The smallest absolute Gasteiger partial charge is 0.241 e. The second-order valence-corrected chi connectivity index (χ2v) is 10.4. The molecule has 0 radical (unpaired) electrons. The molecule has 0 aliphatic carbocycles. The summed E-state index contributed by atoms with van der Waals surface area (Å²) in [7, 11) is -2.68. The topological polar surface area (TPSA) is 143 Å². The van der Waals surface area contributed by atoms with Gasteiger partial charge in [0.2, 0.25) is 21.8 Å². The molecule has 2 amide bonds. The summed E-state index contributed by atoms with van der Waals surface area (Å²) in [6.07, 6.45) is 0.423. The van der Waals surface area contributed by atoms with Crippen LogP contribution in [0.5, 0.6) is 5.75 Å². The Balaban J connectivity index is 1.75. The van der Waals surface area contributed by atoms with Crippen LogP contribution in [0.2, 0.25) is 0 Å². The highest BCUT2D eigenvalue weighted by molar-refractivity contribution is 7.89. The van der Waals surface area contributed by atoms with Gasteiger partial charge in [0.25, 0.3) is 0 Å².